The molecule has 2 aromatic carbocycles. The van der Waals surface area contributed by atoms with Gasteiger partial charge >= 0.3 is 5.97 Å². The maximum Gasteiger partial charge on any atom is 0.335 e. The molecule has 0 bridgehead atoms. The number of carboxylic acids is 1. The SMILES string of the molecule is COc1cccc(CCC(=O)Nc2cc(C(=O)O)cc(OC)c2OC)c1F. The molecule has 0 aliphatic heterocycles. The van der Waals surface area contributed by atoms with Crippen LogP contribution < -0.4 is 19.5 Å². The van der Waals surface area contributed by atoms with Gasteiger partial charge in [-0.15, -0.1) is 0 Å². The fraction of sp³-hybridized carbons (Fsp3) is 0.263. The minimum atomic E-state index is -1.18. The lowest BCUT2D eigenvalue weighted by atomic mass is 10.1. The molecule has 0 atom stereocenters. The van der Waals surface area contributed by atoms with Crippen LogP contribution in [0.3, 0.4) is 0 Å². The summed E-state index contributed by atoms with van der Waals surface area (Å²) in [6, 6.07) is 7.27. The molecule has 2 rings (SSSR count). The highest BCUT2D eigenvalue weighted by atomic mass is 19.1. The third-order valence-electron chi connectivity index (χ3n) is 3.88. The zero-order valence-electron chi connectivity index (χ0n) is 15.2. The molecule has 1 amide bonds. The quantitative estimate of drug-likeness (QED) is 0.734. The van der Waals surface area contributed by atoms with E-state index in [2.05, 4.69) is 5.32 Å². The van der Waals surface area contributed by atoms with Gasteiger partial charge in [-0.05, 0) is 30.2 Å². The van der Waals surface area contributed by atoms with Crippen molar-refractivity contribution in [2.24, 2.45) is 0 Å². The van der Waals surface area contributed by atoms with Gasteiger partial charge in [0.2, 0.25) is 5.91 Å². The summed E-state index contributed by atoms with van der Waals surface area (Å²) >= 11 is 0. The number of methoxy groups -OCH3 is 3. The molecule has 2 N–H and O–H groups in total. The lowest BCUT2D eigenvalue weighted by Gasteiger charge is -2.15. The van der Waals surface area contributed by atoms with Crippen LogP contribution in [0.5, 0.6) is 17.2 Å². The van der Waals surface area contributed by atoms with Crippen LogP contribution in [0.15, 0.2) is 30.3 Å². The Balaban J connectivity index is 2.18. The second-order valence-corrected chi connectivity index (χ2v) is 5.55. The van der Waals surface area contributed by atoms with Gasteiger partial charge in [0.05, 0.1) is 32.6 Å². The van der Waals surface area contributed by atoms with Gasteiger partial charge in [-0.1, -0.05) is 12.1 Å². The second-order valence-electron chi connectivity index (χ2n) is 5.55. The number of nitrogens with one attached hydrogen (secondary N) is 1. The van der Waals surface area contributed by atoms with Crippen molar-refractivity contribution in [3.8, 4) is 17.2 Å². The maximum atomic E-state index is 14.2. The van der Waals surface area contributed by atoms with Crippen LogP contribution in [-0.2, 0) is 11.2 Å². The van der Waals surface area contributed by atoms with Gasteiger partial charge in [0.25, 0.3) is 0 Å². The van der Waals surface area contributed by atoms with Crippen molar-refractivity contribution >= 4 is 17.6 Å². The fourth-order valence-corrected chi connectivity index (χ4v) is 2.55. The Labute approximate surface area is 155 Å². The highest BCUT2D eigenvalue weighted by Crippen LogP contribution is 2.36. The fourth-order valence-electron chi connectivity index (χ4n) is 2.55. The van der Waals surface area contributed by atoms with E-state index in [1.54, 1.807) is 12.1 Å². The van der Waals surface area contributed by atoms with Crippen molar-refractivity contribution in [2.75, 3.05) is 26.6 Å². The van der Waals surface area contributed by atoms with Crippen molar-refractivity contribution in [2.45, 2.75) is 12.8 Å². The number of rotatable bonds is 8. The molecule has 0 unspecified atom stereocenters. The van der Waals surface area contributed by atoms with E-state index >= 15 is 0 Å². The van der Waals surface area contributed by atoms with Gasteiger partial charge in [0, 0.05) is 6.42 Å². The highest BCUT2D eigenvalue weighted by Gasteiger charge is 2.18. The molecule has 0 heterocycles. The normalized spacial score (nSPS) is 10.2. The molecule has 0 aliphatic carbocycles. The van der Waals surface area contributed by atoms with E-state index in [0.29, 0.717) is 5.56 Å². The lowest BCUT2D eigenvalue weighted by molar-refractivity contribution is -0.116. The van der Waals surface area contributed by atoms with Gasteiger partial charge in [-0.3, -0.25) is 4.79 Å². The Morgan fingerprint density at radius 3 is 2.37 bits per heavy atom. The number of hydrogen-bond acceptors (Lipinski definition) is 5. The zero-order chi connectivity index (χ0) is 20.0. The molecule has 0 saturated carbocycles. The first-order valence-corrected chi connectivity index (χ1v) is 8.01. The van der Waals surface area contributed by atoms with Crippen LogP contribution >= 0.6 is 0 Å². The van der Waals surface area contributed by atoms with Crippen LogP contribution in [0.4, 0.5) is 10.1 Å². The van der Waals surface area contributed by atoms with E-state index in [0.717, 1.165) is 0 Å². The van der Waals surface area contributed by atoms with Crippen molar-refractivity contribution in [1.29, 1.82) is 0 Å². The van der Waals surface area contributed by atoms with Gasteiger partial charge in [-0.25, -0.2) is 9.18 Å². The van der Waals surface area contributed by atoms with Crippen molar-refractivity contribution in [3.63, 3.8) is 0 Å². The average molecular weight is 377 g/mol. The first kappa shape index (κ1) is 20.0. The summed E-state index contributed by atoms with van der Waals surface area (Å²) < 4.78 is 29.4. The number of aryl methyl sites for hydroxylation is 1. The number of carbonyl (C=O) groups is 2. The monoisotopic (exact) mass is 377 g/mol. The molecule has 144 valence electrons. The first-order valence-electron chi connectivity index (χ1n) is 8.01. The molecule has 0 fully saturated rings. The van der Waals surface area contributed by atoms with Crippen LogP contribution in [0.2, 0.25) is 0 Å². The summed E-state index contributed by atoms with van der Waals surface area (Å²) in [5.74, 6) is -1.65. The topological polar surface area (TPSA) is 94.1 Å². The minimum absolute atomic E-state index is 0.0210. The largest absolute Gasteiger partial charge is 0.494 e. The molecule has 7 nitrogen and oxygen atoms in total. The predicted molar refractivity (Wildman–Crippen MR) is 96.4 cm³/mol. The number of carboxylic acid groups (broad SMARTS) is 1. The number of halogens is 1. The van der Waals surface area contributed by atoms with Crippen molar-refractivity contribution in [1.82, 2.24) is 0 Å². The maximum absolute atomic E-state index is 14.2. The van der Waals surface area contributed by atoms with Crippen molar-refractivity contribution < 1.29 is 33.3 Å². The first-order chi connectivity index (χ1) is 12.9. The number of benzene rings is 2. The molecule has 2 aromatic rings. The lowest BCUT2D eigenvalue weighted by Crippen LogP contribution is -2.14. The van der Waals surface area contributed by atoms with Crippen LogP contribution in [0, 0.1) is 5.82 Å². The number of hydrogen-bond donors (Lipinski definition) is 2. The van der Waals surface area contributed by atoms with Gasteiger partial charge in [-0.2, -0.15) is 0 Å². The van der Waals surface area contributed by atoms with E-state index in [1.165, 1.54) is 39.5 Å². The Morgan fingerprint density at radius 2 is 1.78 bits per heavy atom. The van der Waals surface area contributed by atoms with Gasteiger partial charge in [0.15, 0.2) is 23.1 Å². The summed E-state index contributed by atoms with van der Waals surface area (Å²) in [7, 11) is 4.10. The minimum Gasteiger partial charge on any atom is -0.494 e. The molecule has 27 heavy (non-hydrogen) atoms. The van der Waals surface area contributed by atoms with Crippen LogP contribution in [0.1, 0.15) is 22.3 Å². The zero-order valence-corrected chi connectivity index (χ0v) is 15.2. The van der Waals surface area contributed by atoms with Crippen LogP contribution in [0.25, 0.3) is 0 Å². The Kier molecular flexibility index (Phi) is 6.59. The Morgan fingerprint density at radius 1 is 1.07 bits per heavy atom. The molecule has 8 heteroatoms. The van der Waals surface area contributed by atoms with Gasteiger partial charge in [0.1, 0.15) is 0 Å². The van der Waals surface area contributed by atoms with E-state index < -0.39 is 17.7 Å². The van der Waals surface area contributed by atoms with Crippen molar-refractivity contribution in [3.05, 3.63) is 47.3 Å². The number of anilines is 1. The number of carbonyl (C=O) groups excluding carboxylic acids is 1. The molecule has 0 aliphatic rings. The predicted octanol–water partition coefficient (Wildman–Crippen LogP) is 3.12. The summed E-state index contributed by atoms with van der Waals surface area (Å²) in [5, 5.41) is 11.8. The Bertz CT molecular complexity index is 852. The third-order valence-corrected chi connectivity index (χ3v) is 3.88. The second kappa shape index (κ2) is 8.88. The number of amides is 1. The summed E-state index contributed by atoms with van der Waals surface area (Å²) in [6.45, 7) is 0. The molecule has 0 spiro atoms. The summed E-state index contributed by atoms with van der Waals surface area (Å²) in [6.07, 6.45) is 0.125. The highest BCUT2D eigenvalue weighted by molar-refractivity contribution is 5.96. The van der Waals surface area contributed by atoms with E-state index in [-0.39, 0.29) is 41.3 Å². The number of ether oxygens (including phenoxy) is 3. The van der Waals surface area contributed by atoms with E-state index in [1.807, 2.05) is 0 Å². The Hall–Kier alpha value is -3.29. The summed E-state index contributed by atoms with van der Waals surface area (Å²) in [4.78, 5) is 23.5. The van der Waals surface area contributed by atoms with Crippen LogP contribution in [-0.4, -0.2) is 38.3 Å². The molecule has 0 saturated heterocycles. The molecule has 0 radical (unpaired) electrons. The summed E-state index contributed by atoms with van der Waals surface area (Å²) in [5.41, 5.74) is 0.431. The molecular formula is C19H20FNO6. The van der Waals surface area contributed by atoms with Gasteiger partial charge < -0.3 is 24.6 Å². The number of aromatic carboxylic acids is 1. The third kappa shape index (κ3) is 4.66. The van der Waals surface area contributed by atoms with E-state index in [4.69, 9.17) is 14.2 Å². The van der Waals surface area contributed by atoms with E-state index in [9.17, 15) is 19.1 Å². The smallest absolute Gasteiger partial charge is 0.335 e. The standard InChI is InChI=1S/C19H20FNO6/c1-25-14-6-4-5-11(17(14)20)7-8-16(22)21-13-9-12(19(23)24)10-15(26-2)18(13)27-3/h4-6,9-10H,7-8H2,1-3H3,(H,21,22)(H,23,24). The molecule has 0 aromatic heterocycles. The average Bonchev–Trinajstić information content (AvgIpc) is 2.66. The molecular weight excluding hydrogens is 357 g/mol.